The number of halogens is 2. The molecule has 1 amide bonds. The van der Waals surface area contributed by atoms with Crippen LogP contribution in [0.3, 0.4) is 0 Å². The summed E-state index contributed by atoms with van der Waals surface area (Å²) in [7, 11) is 0. The quantitative estimate of drug-likeness (QED) is 0.853. The van der Waals surface area contributed by atoms with Gasteiger partial charge in [-0.2, -0.15) is 0 Å². The summed E-state index contributed by atoms with van der Waals surface area (Å²) >= 11 is 0. The summed E-state index contributed by atoms with van der Waals surface area (Å²) in [5, 5.41) is 0. The number of piperidine rings is 1. The molecule has 0 aliphatic carbocycles. The number of carbonyl (C=O) groups is 1. The van der Waals surface area contributed by atoms with E-state index in [1.807, 2.05) is 0 Å². The summed E-state index contributed by atoms with van der Waals surface area (Å²) < 4.78 is 26.7. The molecule has 1 aliphatic heterocycles. The van der Waals surface area contributed by atoms with Gasteiger partial charge in [0.1, 0.15) is 5.82 Å². The molecule has 3 rings (SSSR count). The Morgan fingerprint density at radius 2 is 2.00 bits per heavy atom. The van der Waals surface area contributed by atoms with Crippen molar-refractivity contribution in [1.29, 1.82) is 0 Å². The Bertz CT molecular complexity index is 703. The highest BCUT2D eigenvalue weighted by Crippen LogP contribution is 2.23. The van der Waals surface area contributed by atoms with E-state index >= 15 is 0 Å². The maximum Gasteiger partial charge on any atom is 0.256 e. The van der Waals surface area contributed by atoms with E-state index in [1.165, 1.54) is 24.4 Å². The van der Waals surface area contributed by atoms with Gasteiger partial charge in [0, 0.05) is 19.3 Å². The van der Waals surface area contributed by atoms with Gasteiger partial charge < -0.3 is 4.90 Å². The summed E-state index contributed by atoms with van der Waals surface area (Å²) in [5.74, 6) is -0.678. The molecule has 0 radical (unpaired) electrons. The number of rotatable bonds is 4. The molecule has 24 heavy (non-hydrogen) atoms. The monoisotopic (exact) mass is 330 g/mol. The molecule has 0 unspecified atom stereocenters. The first kappa shape index (κ1) is 16.6. The van der Waals surface area contributed by atoms with Crippen molar-refractivity contribution in [2.24, 2.45) is 5.92 Å². The number of aryl methyl sites for hydroxylation is 1. The first-order valence-electron chi connectivity index (χ1n) is 8.26. The van der Waals surface area contributed by atoms with Crippen LogP contribution in [0.5, 0.6) is 0 Å². The zero-order chi connectivity index (χ0) is 16.9. The van der Waals surface area contributed by atoms with Crippen LogP contribution in [0, 0.1) is 17.6 Å². The van der Waals surface area contributed by atoms with Crippen LogP contribution in [0.4, 0.5) is 8.78 Å². The second-order valence-electron chi connectivity index (χ2n) is 6.28. The summed E-state index contributed by atoms with van der Waals surface area (Å²) in [6.07, 6.45) is 6.29. The number of likely N-dealkylation sites (tertiary alicyclic amines) is 1. The lowest BCUT2D eigenvalue weighted by Gasteiger charge is -2.33. The van der Waals surface area contributed by atoms with E-state index in [0.29, 0.717) is 19.0 Å². The Balaban J connectivity index is 1.59. The van der Waals surface area contributed by atoms with Crippen molar-refractivity contribution in [2.75, 3.05) is 13.1 Å². The van der Waals surface area contributed by atoms with Gasteiger partial charge in [0.2, 0.25) is 0 Å². The fraction of sp³-hybridized carbons (Fsp3) is 0.368. The molecule has 0 saturated carbocycles. The number of nitrogens with zero attached hydrogens (tertiary/aromatic N) is 2. The predicted octanol–water partition coefficient (Wildman–Crippen LogP) is 3.84. The third kappa shape index (κ3) is 3.96. The molecule has 0 bridgehead atoms. The first-order chi connectivity index (χ1) is 11.6. The summed E-state index contributed by atoms with van der Waals surface area (Å²) in [6, 6.07) is 7.97. The van der Waals surface area contributed by atoms with Gasteiger partial charge in [0.05, 0.1) is 11.8 Å². The molecule has 126 valence electrons. The van der Waals surface area contributed by atoms with Crippen LogP contribution >= 0.6 is 0 Å². The summed E-state index contributed by atoms with van der Waals surface area (Å²) in [4.78, 5) is 17.9. The average molecular weight is 330 g/mol. The van der Waals surface area contributed by atoms with Crippen LogP contribution in [-0.4, -0.2) is 28.9 Å². The predicted molar refractivity (Wildman–Crippen MR) is 87.5 cm³/mol. The number of hydrogen-bond donors (Lipinski definition) is 0. The minimum Gasteiger partial charge on any atom is -0.338 e. The van der Waals surface area contributed by atoms with Crippen molar-refractivity contribution >= 4 is 5.91 Å². The standard InChI is InChI=1S/C19H20F2N2O/c20-16-7-5-14(6-8-16)3-4-15-2-1-11-23(13-15)19(24)17-9-10-22-12-18(17)21/h5-10,12,15H,1-4,11,13H2/t15-/m0/s1. The van der Waals surface area contributed by atoms with Crippen LogP contribution in [-0.2, 0) is 6.42 Å². The van der Waals surface area contributed by atoms with Crippen molar-refractivity contribution in [3.05, 3.63) is 65.5 Å². The third-order valence-corrected chi connectivity index (χ3v) is 4.56. The SMILES string of the molecule is O=C(c1ccncc1F)N1CCC[C@@H](CCc2ccc(F)cc2)C1. The molecule has 2 aromatic rings. The van der Waals surface area contributed by atoms with Crippen molar-refractivity contribution in [1.82, 2.24) is 9.88 Å². The van der Waals surface area contributed by atoms with E-state index in [4.69, 9.17) is 0 Å². The van der Waals surface area contributed by atoms with Gasteiger partial charge in [0.15, 0.2) is 5.82 Å². The first-order valence-corrected chi connectivity index (χ1v) is 8.26. The van der Waals surface area contributed by atoms with Crippen LogP contribution in [0.25, 0.3) is 0 Å². The summed E-state index contributed by atoms with van der Waals surface area (Å²) in [5.41, 5.74) is 1.18. The molecule has 3 nitrogen and oxygen atoms in total. The van der Waals surface area contributed by atoms with Gasteiger partial charge in [0.25, 0.3) is 5.91 Å². The molecular formula is C19H20F2N2O. The molecule has 1 aromatic heterocycles. The zero-order valence-corrected chi connectivity index (χ0v) is 13.4. The lowest BCUT2D eigenvalue weighted by molar-refractivity contribution is 0.0663. The lowest BCUT2D eigenvalue weighted by Crippen LogP contribution is -2.40. The van der Waals surface area contributed by atoms with Crippen molar-refractivity contribution < 1.29 is 13.6 Å². The number of pyridine rings is 1. The van der Waals surface area contributed by atoms with Crippen LogP contribution in [0.15, 0.2) is 42.7 Å². The normalized spacial score (nSPS) is 17.8. The molecule has 1 fully saturated rings. The molecule has 0 spiro atoms. The van der Waals surface area contributed by atoms with Gasteiger partial charge in [-0.3, -0.25) is 9.78 Å². The van der Waals surface area contributed by atoms with E-state index < -0.39 is 5.82 Å². The zero-order valence-electron chi connectivity index (χ0n) is 13.4. The molecule has 1 atom stereocenters. The lowest BCUT2D eigenvalue weighted by atomic mass is 9.91. The van der Waals surface area contributed by atoms with Crippen molar-refractivity contribution in [3.63, 3.8) is 0 Å². The van der Waals surface area contributed by atoms with Gasteiger partial charge in [-0.05, 0) is 55.4 Å². The molecule has 2 heterocycles. The Morgan fingerprint density at radius 3 is 2.75 bits per heavy atom. The second kappa shape index (κ2) is 7.51. The fourth-order valence-electron chi connectivity index (χ4n) is 3.23. The maximum atomic E-state index is 13.8. The number of benzene rings is 1. The number of aromatic nitrogens is 1. The Kier molecular flexibility index (Phi) is 5.18. The van der Waals surface area contributed by atoms with Gasteiger partial charge in [-0.25, -0.2) is 8.78 Å². The molecule has 5 heteroatoms. The van der Waals surface area contributed by atoms with Crippen LogP contribution in [0.1, 0.15) is 35.2 Å². The highest BCUT2D eigenvalue weighted by Gasteiger charge is 2.25. The van der Waals surface area contributed by atoms with Gasteiger partial charge >= 0.3 is 0 Å². The Hall–Kier alpha value is -2.30. The highest BCUT2D eigenvalue weighted by atomic mass is 19.1. The van der Waals surface area contributed by atoms with E-state index in [-0.39, 0.29) is 17.3 Å². The van der Waals surface area contributed by atoms with Crippen molar-refractivity contribution in [2.45, 2.75) is 25.7 Å². The van der Waals surface area contributed by atoms with E-state index in [9.17, 15) is 13.6 Å². The van der Waals surface area contributed by atoms with E-state index in [1.54, 1.807) is 17.0 Å². The minimum atomic E-state index is -0.573. The highest BCUT2D eigenvalue weighted by molar-refractivity contribution is 5.94. The van der Waals surface area contributed by atoms with E-state index in [0.717, 1.165) is 37.4 Å². The fourth-order valence-corrected chi connectivity index (χ4v) is 3.23. The Morgan fingerprint density at radius 1 is 1.21 bits per heavy atom. The van der Waals surface area contributed by atoms with Crippen LogP contribution < -0.4 is 0 Å². The smallest absolute Gasteiger partial charge is 0.256 e. The summed E-state index contributed by atoms with van der Waals surface area (Å²) in [6.45, 7) is 1.30. The molecule has 1 aliphatic rings. The molecular weight excluding hydrogens is 310 g/mol. The van der Waals surface area contributed by atoms with Crippen LogP contribution in [0.2, 0.25) is 0 Å². The number of amides is 1. The average Bonchev–Trinajstić information content (AvgIpc) is 2.61. The number of hydrogen-bond acceptors (Lipinski definition) is 2. The largest absolute Gasteiger partial charge is 0.338 e. The Labute approximate surface area is 140 Å². The molecule has 1 aromatic carbocycles. The van der Waals surface area contributed by atoms with Gasteiger partial charge in [-0.15, -0.1) is 0 Å². The minimum absolute atomic E-state index is 0.0872. The molecule has 1 saturated heterocycles. The topological polar surface area (TPSA) is 33.2 Å². The number of carbonyl (C=O) groups excluding carboxylic acids is 1. The maximum absolute atomic E-state index is 13.8. The second-order valence-corrected chi connectivity index (χ2v) is 6.28. The molecule has 0 N–H and O–H groups in total. The third-order valence-electron chi connectivity index (χ3n) is 4.56. The van der Waals surface area contributed by atoms with E-state index in [2.05, 4.69) is 4.98 Å². The van der Waals surface area contributed by atoms with Crippen molar-refractivity contribution in [3.8, 4) is 0 Å². The van der Waals surface area contributed by atoms with Gasteiger partial charge in [-0.1, -0.05) is 12.1 Å².